The van der Waals surface area contributed by atoms with E-state index in [9.17, 15) is 9.59 Å². The molecule has 4 aliphatic rings. The summed E-state index contributed by atoms with van der Waals surface area (Å²) in [4.78, 5) is 25.1. The Morgan fingerprint density at radius 2 is 2.00 bits per heavy atom. The Labute approximate surface area is 137 Å². The minimum Gasteiger partial charge on any atom is -0.469 e. The monoisotopic (exact) mass is 318 g/mol. The molecule has 0 aliphatic heterocycles. The minimum atomic E-state index is -0.697. The van der Waals surface area contributed by atoms with E-state index in [0.717, 1.165) is 19.3 Å². The lowest BCUT2D eigenvalue weighted by atomic mass is 9.72. The first-order valence-electron chi connectivity index (χ1n) is 8.94. The third-order valence-corrected chi connectivity index (χ3v) is 7.03. The van der Waals surface area contributed by atoms with E-state index in [2.05, 4.69) is 19.1 Å². The van der Waals surface area contributed by atoms with Crippen LogP contribution in [-0.4, -0.2) is 24.6 Å². The highest BCUT2D eigenvalue weighted by Crippen LogP contribution is 2.57. The largest absolute Gasteiger partial charge is 0.469 e. The Morgan fingerprint density at radius 1 is 1.17 bits per heavy atom. The average molecular weight is 318 g/mol. The van der Waals surface area contributed by atoms with E-state index in [4.69, 9.17) is 9.47 Å². The zero-order valence-corrected chi connectivity index (χ0v) is 14.0. The molecule has 4 heteroatoms. The zero-order chi connectivity index (χ0) is 16.2. The van der Waals surface area contributed by atoms with Gasteiger partial charge in [0, 0.05) is 0 Å². The molecule has 4 rings (SSSR count). The second kappa shape index (κ2) is 5.09. The van der Waals surface area contributed by atoms with E-state index in [1.54, 1.807) is 0 Å². The van der Waals surface area contributed by atoms with Crippen molar-refractivity contribution in [3.63, 3.8) is 0 Å². The van der Waals surface area contributed by atoms with E-state index in [-0.39, 0.29) is 29.9 Å². The number of rotatable bonds is 4. The molecule has 6 atom stereocenters. The van der Waals surface area contributed by atoms with E-state index >= 15 is 0 Å². The SMILES string of the molecule is COC(=O)CC1(C(=O)OC2(C)CC3CCC2C3)CC2C=CC1C2. The van der Waals surface area contributed by atoms with Gasteiger partial charge in [0.1, 0.15) is 5.60 Å². The first kappa shape index (κ1) is 15.2. The van der Waals surface area contributed by atoms with E-state index < -0.39 is 5.41 Å². The molecule has 0 heterocycles. The molecular formula is C19H26O4. The number of esters is 2. The molecule has 0 radical (unpaired) electrons. The van der Waals surface area contributed by atoms with Gasteiger partial charge in [-0.2, -0.15) is 0 Å². The van der Waals surface area contributed by atoms with Gasteiger partial charge in [0.2, 0.25) is 0 Å². The number of allylic oxidation sites excluding steroid dienone is 2. The molecule has 23 heavy (non-hydrogen) atoms. The molecule has 0 aromatic carbocycles. The summed E-state index contributed by atoms with van der Waals surface area (Å²) in [5, 5.41) is 0. The van der Waals surface area contributed by atoms with Crippen LogP contribution in [-0.2, 0) is 19.1 Å². The normalized spacial score (nSPS) is 46.3. The molecule has 0 aromatic heterocycles. The topological polar surface area (TPSA) is 52.6 Å². The van der Waals surface area contributed by atoms with Gasteiger partial charge in [0.05, 0.1) is 18.9 Å². The molecule has 0 spiro atoms. The molecule has 0 aromatic rings. The second-order valence-corrected chi connectivity index (χ2v) is 8.38. The smallest absolute Gasteiger partial charge is 0.313 e. The van der Waals surface area contributed by atoms with Crippen molar-refractivity contribution in [3.8, 4) is 0 Å². The van der Waals surface area contributed by atoms with Gasteiger partial charge in [-0.3, -0.25) is 9.59 Å². The van der Waals surface area contributed by atoms with Crippen LogP contribution in [0.1, 0.15) is 51.9 Å². The van der Waals surface area contributed by atoms with E-state index in [1.165, 1.54) is 26.4 Å². The summed E-state index contributed by atoms with van der Waals surface area (Å²) >= 11 is 0. The van der Waals surface area contributed by atoms with Crippen molar-refractivity contribution in [2.45, 2.75) is 57.5 Å². The summed E-state index contributed by atoms with van der Waals surface area (Å²) in [6, 6.07) is 0. The Hall–Kier alpha value is -1.32. The lowest BCUT2D eigenvalue weighted by Gasteiger charge is -2.39. The molecule has 4 bridgehead atoms. The van der Waals surface area contributed by atoms with Gasteiger partial charge < -0.3 is 9.47 Å². The van der Waals surface area contributed by atoms with Crippen molar-refractivity contribution >= 4 is 11.9 Å². The molecule has 4 nitrogen and oxygen atoms in total. The molecule has 126 valence electrons. The summed E-state index contributed by atoms with van der Waals surface area (Å²) in [5.41, 5.74) is -1.02. The fraction of sp³-hybridized carbons (Fsp3) is 0.789. The van der Waals surface area contributed by atoms with Crippen LogP contribution in [0.4, 0.5) is 0 Å². The van der Waals surface area contributed by atoms with Crippen LogP contribution >= 0.6 is 0 Å². The molecular weight excluding hydrogens is 292 g/mol. The number of carbonyl (C=O) groups excluding carboxylic acids is 2. The Morgan fingerprint density at radius 3 is 2.52 bits per heavy atom. The van der Waals surface area contributed by atoms with Crippen molar-refractivity contribution in [2.75, 3.05) is 7.11 Å². The van der Waals surface area contributed by atoms with E-state index in [0.29, 0.717) is 17.8 Å². The van der Waals surface area contributed by atoms with Gasteiger partial charge in [-0.05, 0) is 69.1 Å². The van der Waals surface area contributed by atoms with Crippen molar-refractivity contribution in [1.29, 1.82) is 0 Å². The highest BCUT2D eigenvalue weighted by atomic mass is 16.6. The summed E-state index contributed by atoms with van der Waals surface area (Å²) in [5.74, 6) is 1.29. The Kier molecular flexibility index (Phi) is 3.37. The standard InChI is InChI=1S/C19H26O4/c1-18(9-12-3-5-14(18)7-12)23-17(21)19(11-16(20)22-2)10-13-4-6-15(19)8-13/h4,6,12-15H,3,5,7-11H2,1-2H3. The third-order valence-electron chi connectivity index (χ3n) is 7.03. The maximum absolute atomic E-state index is 13.2. The molecule has 6 unspecified atom stereocenters. The minimum absolute atomic E-state index is 0.126. The van der Waals surface area contributed by atoms with Crippen LogP contribution in [0.5, 0.6) is 0 Å². The van der Waals surface area contributed by atoms with E-state index in [1.807, 2.05) is 0 Å². The Bertz CT molecular complexity index is 568. The molecule has 0 amide bonds. The van der Waals surface area contributed by atoms with Gasteiger partial charge >= 0.3 is 11.9 Å². The predicted octanol–water partition coefficient (Wildman–Crippen LogP) is 3.25. The fourth-order valence-electron chi connectivity index (χ4n) is 5.79. The summed E-state index contributed by atoms with van der Waals surface area (Å²) in [6.07, 6.45) is 10.8. The predicted molar refractivity (Wildman–Crippen MR) is 84.4 cm³/mol. The van der Waals surface area contributed by atoms with Gasteiger partial charge in [-0.15, -0.1) is 0 Å². The first-order valence-corrected chi connectivity index (χ1v) is 8.94. The molecule has 0 saturated heterocycles. The number of hydrogen-bond donors (Lipinski definition) is 0. The van der Waals surface area contributed by atoms with Crippen LogP contribution < -0.4 is 0 Å². The summed E-state index contributed by atoms with van der Waals surface area (Å²) in [7, 11) is 1.39. The Balaban J connectivity index is 1.56. The second-order valence-electron chi connectivity index (χ2n) is 8.38. The lowest BCUT2D eigenvalue weighted by molar-refractivity contribution is -0.181. The highest BCUT2D eigenvalue weighted by Gasteiger charge is 2.59. The quantitative estimate of drug-likeness (QED) is 0.590. The van der Waals surface area contributed by atoms with Gasteiger partial charge in [0.25, 0.3) is 0 Å². The van der Waals surface area contributed by atoms with Gasteiger partial charge in [0.15, 0.2) is 0 Å². The number of hydrogen-bond acceptors (Lipinski definition) is 4. The van der Waals surface area contributed by atoms with Crippen molar-refractivity contribution in [2.24, 2.45) is 29.1 Å². The van der Waals surface area contributed by atoms with Gasteiger partial charge in [-0.25, -0.2) is 0 Å². The average Bonchev–Trinajstić information content (AvgIpc) is 3.25. The first-order chi connectivity index (χ1) is 10.9. The fourth-order valence-corrected chi connectivity index (χ4v) is 5.79. The van der Waals surface area contributed by atoms with Crippen LogP contribution in [0.25, 0.3) is 0 Å². The van der Waals surface area contributed by atoms with Crippen molar-refractivity contribution < 1.29 is 19.1 Å². The van der Waals surface area contributed by atoms with Crippen LogP contribution in [0.15, 0.2) is 12.2 Å². The van der Waals surface area contributed by atoms with Crippen molar-refractivity contribution in [1.82, 2.24) is 0 Å². The number of carbonyl (C=O) groups is 2. The van der Waals surface area contributed by atoms with Crippen LogP contribution in [0.2, 0.25) is 0 Å². The maximum atomic E-state index is 13.2. The van der Waals surface area contributed by atoms with Crippen LogP contribution in [0.3, 0.4) is 0 Å². The summed E-state index contributed by atoms with van der Waals surface area (Å²) < 4.78 is 11.0. The summed E-state index contributed by atoms with van der Waals surface area (Å²) in [6.45, 7) is 2.10. The van der Waals surface area contributed by atoms with Crippen molar-refractivity contribution in [3.05, 3.63) is 12.2 Å². The maximum Gasteiger partial charge on any atom is 0.313 e. The molecule has 0 N–H and O–H groups in total. The lowest BCUT2D eigenvalue weighted by Crippen LogP contribution is -2.46. The number of ether oxygens (including phenoxy) is 2. The van der Waals surface area contributed by atoms with Gasteiger partial charge in [-0.1, -0.05) is 12.2 Å². The third kappa shape index (κ3) is 2.25. The number of methoxy groups -OCH3 is 1. The molecule has 4 aliphatic carbocycles. The zero-order valence-electron chi connectivity index (χ0n) is 14.0. The molecule has 3 saturated carbocycles. The van der Waals surface area contributed by atoms with Crippen LogP contribution in [0, 0.1) is 29.1 Å². The highest BCUT2D eigenvalue weighted by molar-refractivity contribution is 5.85. The molecule has 3 fully saturated rings. The number of fused-ring (bicyclic) bond motifs is 4.